The van der Waals surface area contributed by atoms with Crippen LogP contribution in [0, 0.1) is 0 Å². The fourth-order valence-corrected chi connectivity index (χ4v) is 8.04. The van der Waals surface area contributed by atoms with Gasteiger partial charge in [-0.15, -0.1) is 0 Å². The quantitative estimate of drug-likeness (QED) is 0.201. The van der Waals surface area contributed by atoms with Crippen molar-refractivity contribution in [2.24, 2.45) is 0 Å². The number of rotatable bonds is 2. The molecule has 2 heterocycles. The van der Waals surface area contributed by atoms with Crippen molar-refractivity contribution in [3.63, 3.8) is 0 Å². The number of aromatic nitrogens is 1. The van der Waals surface area contributed by atoms with Gasteiger partial charge in [0.25, 0.3) is 0 Å². The van der Waals surface area contributed by atoms with Crippen LogP contribution in [0.2, 0.25) is 0 Å². The van der Waals surface area contributed by atoms with Crippen molar-refractivity contribution in [3.8, 4) is 39.4 Å². The summed E-state index contributed by atoms with van der Waals surface area (Å²) >= 11 is 0. The zero-order valence-corrected chi connectivity index (χ0v) is 24.4. The molecule has 0 radical (unpaired) electrons. The summed E-state index contributed by atoms with van der Waals surface area (Å²) in [4.78, 5) is 0. The standard InChI is InChI=1S/C43H27NO/c1-2-12-28(13-3-1)29-22-24-31-32-25-23-30(44-39-18-8-4-14-33(39)34-15-5-9-19-40(34)44)27-38(32)43(37(31)26-29)35-16-6-10-20-41(35)45-42-21-11-7-17-36(42)43/h1-27H. The second-order valence-corrected chi connectivity index (χ2v) is 12.1. The van der Waals surface area contributed by atoms with Gasteiger partial charge in [0.1, 0.15) is 11.5 Å². The third-order valence-corrected chi connectivity index (χ3v) is 9.87. The topological polar surface area (TPSA) is 14.2 Å². The van der Waals surface area contributed by atoms with Crippen LogP contribution in [0.1, 0.15) is 22.3 Å². The van der Waals surface area contributed by atoms with Crippen LogP contribution in [0.25, 0.3) is 49.7 Å². The SMILES string of the molecule is c1ccc(-c2ccc3c(c2)C2(c4ccccc4Oc4ccccc42)c2cc(-n4c5ccccc5c5ccccc54)ccc2-3)cc1. The average molecular weight is 574 g/mol. The molecule has 0 atom stereocenters. The fourth-order valence-electron chi connectivity index (χ4n) is 8.04. The second kappa shape index (κ2) is 9.07. The Morgan fingerprint density at radius 2 is 0.933 bits per heavy atom. The molecule has 0 fully saturated rings. The molecule has 0 N–H and O–H groups in total. The van der Waals surface area contributed by atoms with Gasteiger partial charge in [0, 0.05) is 27.6 Å². The first-order valence-electron chi connectivity index (χ1n) is 15.5. The van der Waals surface area contributed by atoms with Gasteiger partial charge in [-0.05, 0) is 75.8 Å². The van der Waals surface area contributed by atoms with E-state index in [-0.39, 0.29) is 0 Å². The Morgan fingerprint density at radius 1 is 0.400 bits per heavy atom. The Hall–Kier alpha value is -5.86. The Labute approximate surface area is 261 Å². The van der Waals surface area contributed by atoms with Crippen molar-refractivity contribution in [1.82, 2.24) is 4.57 Å². The highest BCUT2D eigenvalue weighted by Gasteiger charge is 2.51. The minimum atomic E-state index is -0.546. The maximum absolute atomic E-state index is 6.62. The maximum Gasteiger partial charge on any atom is 0.132 e. The third-order valence-electron chi connectivity index (χ3n) is 9.87. The van der Waals surface area contributed by atoms with Crippen molar-refractivity contribution in [2.75, 3.05) is 0 Å². The van der Waals surface area contributed by atoms with Crippen molar-refractivity contribution in [3.05, 3.63) is 186 Å². The summed E-state index contributed by atoms with van der Waals surface area (Å²) in [6.07, 6.45) is 0. The van der Waals surface area contributed by atoms with E-state index in [0.29, 0.717) is 0 Å². The van der Waals surface area contributed by atoms with Gasteiger partial charge < -0.3 is 9.30 Å². The summed E-state index contributed by atoms with van der Waals surface area (Å²) in [5.41, 5.74) is 12.9. The molecule has 1 aliphatic heterocycles. The molecule has 0 amide bonds. The Kier molecular flexibility index (Phi) is 4.95. The number of hydrogen-bond acceptors (Lipinski definition) is 1. The van der Waals surface area contributed by atoms with E-state index in [1.54, 1.807) is 0 Å². The molecule has 0 saturated carbocycles. The highest BCUT2D eigenvalue weighted by atomic mass is 16.5. The number of para-hydroxylation sites is 4. The first-order chi connectivity index (χ1) is 22.3. The molecular weight excluding hydrogens is 546 g/mol. The molecule has 0 unspecified atom stereocenters. The van der Waals surface area contributed by atoms with E-state index in [9.17, 15) is 0 Å². The summed E-state index contributed by atoms with van der Waals surface area (Å²) in [7, 11) is 0. The van der Waals surface area contributed by atoms with Gasteiger partial charge in [-0.25, -0.2) is 0 Å². The van der Waals surface area contributed by atoms with Gasteiger partial charge in [-0.2, -0.15) is 0 Å². The van der Waals surface area contributed by atoms with Crippen LogP contribution in [0.15, 0.2) is 164 Å². The lowest BCUT2D eigenvalue weighted by atomic mass is 9.66. The zero-order valence-electron chi connectivity index (χ0n) is 24.4. The molecule has 2 aliphatic rings. The molecule has 1 aliphatic carbocycles. The average Bonchev–Trinajstić information content (AvgIpc) is 3.59. The number of hydrogen-bond donors (Lipinski definition) is 0. The predicted octanol–water partition coefficient (Wildman–Crippen LogP) is 10.9. The van der Waals surface area contributed by atoms with Gasteiger partial charge >= 0.3 is 0 Å². The van der Waals surface area contributed by atoms with Gasteiger partial charge in [0.2, 0.25) is 0 Å². The number of fused-ring (bicyclic) bond motifs is 12. The van der Waals surface area contributed by atoms with Gasteiger partial charge in [0.15, 0.2) is 0 Å². The zero-order chi connectivity index (χ0) is 29.5. The summed E-state index contributed by atoms with van der Waals surface area (Å²) < 4.78 is 9.05. The van der Waals surface area contributed by atoms with E-state index >= 15 is 0 Å². The normalized spacial score (nSPS) is 13.7. The van der Waals surface area contributed by atoms with E-state index in [1.807, 2.05) is 0 Å². The van der Waals surface area contributed by atoms with Gasteiger partial charge in [-0.1, -0.05) is 121 Å². The minimum Gasteiger partial charge on any atom is -0.457 e. The monoisotopic (exact) mass is 573 g/mol. The van der Waals surface area contributed by atoms with Crippen LogP contribution in [-0.4, -0.2) is 4.57 Å². The molecule has 10 rings (SSSR count). The van der Waals surface area contributed by atoms with E-state index in [2.05, 4.69) is 168 Å². The smallest absolute Gasteiger partial charge is 0.132 e. The highest BCUT2D eigenvalue weighted by molar-refractivity contribution is 6.09. The molecule has 45 heavy (non-hydrogen) atoms. The fraction of sp³-hybridized carbons (Fsp3) is 0.0233. The van der Waals surface area contributed by atoms with Gasteiger partial charge in [0.05, 0.1) is 16.4 Å². The number of benzene rings is 7. The van der Waals surface area contributed by atoms with Crippen LogP contribution in [0.4, 0.5) is 0 Å². The molecular formula is C43H27NO. The lowest BCUT2D eigenvalue weighted by molar-refractivity contribution is 0.436. The van der Waals surface area contributed by atoms with Crippen molar-refractivity contribution >= 4 is 21.8 Å². The molecule has 210 valence electrons. The van der Waals surface area contributed by atoms with E-state index in [1.165, 1.54) is 66.3 Å². The molecule has 8 aromatic rings. The Morgan fingerprint density at radius 3 is 1.60 bits per heavy atom. The van der Waals surface area contributed by atoms with E-state index in [4.69, 9.17) is 4.74 Å². The summed E-state index contributed by atoms with van der Waals surface area (Å²) in [6.45, 7) is 0. The maximum atomic E-state index is 6.62. The first kappa shape index (κ1) is 24.6. The summed E-state index contributed by atoms with van der Waals surface area (Å²) in [5, 5.41) is 2.53. The third kappa shape index (κ3) is 3.23. The lowest BCUT2D eigenvalue weighted by Crippen LogP contribution is -2.32. The van der Waals surface area contributed by atoms with Crippen LogP contribution in [-0.2, 0) is 5.41 Å². The van der Waals surface area contributed by atoms with Crippen LogP contribution < -0.4 is 4.74 Å². The first-order valence-corrected chi connectivity index (χ1v) is 15.5. The van der Waals surface area contributed by atoms with Crippen LogP contribution >= 0.6 is 0 Å². The molecule has 7 aromatic carbocycles. The molecule has 0 bridgehead atoms. The van der Waals surface area contributed by atoms with Crippen molar-refractivity contribution in [1.29, 1.82) is 0 Å². The van der Waals surface area contributed by atoms with E-state index in [0.717, 1.165) is 17.2 Å². The summed E-state index contributed by atoms with van der Waals surface area (Å²) in [5.74, 6) is 1.81. The van der Waals surface area contributed by atoms with E-state index < -0.39 is 5.41 Å². The number of nitrogens with zero attached hydrogens (tertiary/aromatic N) is 1. The highest BCUT2D eigenvalue weighted by Crippen LogP contribution is 2.62. The largest absolute Gasteiger partial charge is 0.457 e. The molecule has 2 nitrogen and oxygen atoms in total. The Balaban J connectivity index is 1.34. The van der Waals surface area contributed by atoms with Crippen LogP contribution in [0.3, 0.4) is 0 Å². The van der Waals surface area contributed by atoms with Crippen molar-refractivity contribution in [2.45, 2.75) is 5.41 Å². The second-order valence-electron chi connectivity index (χ2n) is 12.1. The van der Waals surface area contributed by atoms with Crippen LogP contribution in [0.5, 0.6) is 11.5 Å². The number of ether oxygens (including phenoxy) is 1. The predicted molar refractivity (Wildman–Crippen MR) is 184 cm³/mol. The summed E-state index contributed by atoms with van der Waals surface area (Å²) in [6, 6.07) is 59.4. The minimum absolute atomic E-state index is 0.546. The van der Waals surface area contributed by atoms with Crippen molar-refractivity contribution < 1.29 is 4.74 Å². The molecule has 0 saturated heterocycles. The molecule has 1 spiro atoms. The molecule has 1 aromatic heterocycles. The lowest BCUT2D eigenvalue weighted by Gasteiger charge is -2.39. The van der Waals surface area contributed by atoms with Gasteiger partial charge in [-0.3, -0.25) is 0 Å². The Bertz CT molecular complexity index is 2370. The molecule has 2 heteroatoms.